The van der Waals surface area contributed by atoms with Crippen molar-refractivity contribution in [1.29, 1.82) is 0 Å². The van der Waals surface area contributed by atoms with E-state index in [1.165, 1.54) is 6.07 Å². The predicted molar refractivity (Wildman–Crippen MR) is 113 cm³/mol. The number of benzene rings is 1. The molecule has 162 valence electrons. The van der Waals surface area contributed by atoms with Crippen molar-refractivity contribution in [3.63, 3.8) is 0 Å². The molecule has 0 saturated heterocycles. The van der Waals surface area contributed by atoms with E-state index in [9.17, 15) is 19.8 Å². The molecule has 2 aromatic rings. The molecule has 1 aromatic carbocycles. The lowest BCUT2D eigenvalue weighted by Crippen LogP contribution is -2.28. The van der Waals surface area contributed by atoms with Gasteiger partial charge < -0.3 is 25.4 Å². The van der Waals surface area contributed by atoms with E-state index in [-0.39, 0.29) is 51.9 Å². The third-order valence-electron chi connectivity index (χ3n) is 5.48. The molecule has 1 fully saturated rings. The number of hydrogen-bond acceptors (Lipinski definition) is 6. The van der Waals surface area contributed by atoms with Gasteiger partial charge in [0.1, 0.15) is 17.2 Å². The molecule has 8 heteroatoms. The van der Waals surface area contributed by atoms with E-state index < -0.39 is 5.91 Å². The van der Waals surface area contributed by atoms with Crippen LogP contribution in [0.2, 0.25) is 0 Å². The monoisotopic (exact) mass is 415 g/mol. The fraction of sp³-hybridized carbons (Fsp3) is 0.500. The SMILES string of the molecule is CCNC(=O)c1noc(-c2cc(C(C)C)c(O)cc2O)c1NC(=O)C1CCCCC1. The van der Waals surface area contributed by atoms with Crippen LogP contribution in [0.25, 0.3) is 11.3 Å². The summed E-state index contributed by atoms with van der Waals surface area (Å²) >= 11 is 0. The Kier molecular flexibility index (Phi) is 6.64. The van der Waals surface area contributed by atoms with E-state index in [1.54, 1.807) is 13.0 Å². The van der Waals surface area contributed by atoms with Gasteiger partial charge in [-0.1, -0.05) is 38.3 Å². The summed E-state index contributed by atoms with van der Waals surface area (Å²) in [4.78, 5) is 25.4. The summed E-state index contributed by atoms with van der Waals surface area (Å²) in [6, 6.07) is 2.82. The van der Waals surface area contributed by atoms with Crippen molar-refractivity contribution in [2.75, 3.05) is 11.9 Å². The highest BCUT2D eigenvalue weighted by atomic mass is 16.5. The maximum absolute atomic E-state index is 12.9. The van der Waals surface area contributed by atoms with Gasteiger partial charge in [0.25, 0.3) is 5.91 Å². The van der Waals surface area contributed by atoms with Crippen LogP contribution in [0, 0.1) is 5.92 Å². The van der Waals surface area contributed by atoms with Crippen LogP contribution in [-0.2, 0) is 4.79 Å². The minimum atomic E-state index is -0.478. The highest BCUT2D eigenvalue weighted by Gasteiger charge is 2.29. The third kappa shape index (κ3) is 4.42. The van der Waals surface area contributed by atoms with Crippen LogP contribution >= 0.6 is 0 Å². The van der Waals surface area contributed by atoms with Crippen molar-refractivity contribution in [3.05, 3.63) is 23.4 Å². The van der Waals surface area contributed by atoms with Crippen molar-refractivity contribution in [1.82, 2.24) is 10.5 Å². The van der Waals surface area contributed by atoms with E-state index in [2.05, 4.69) is 15.8 Å². The zero-order valence-corrected chi connectivity index (χ0v) is 17.6. The summed E-state index contributed by atoms with van der Waals surface area (Å²) in [6.45, 7) is 5.98. The van der Waals surface area contributed by atoms with Gasteiger partial charge in [0.2, 0.25) is 5.91 Å². The molecule has 1 heterocycles. The van der Waals surface area contributed by atoms with Crippen LogP contribution in [0.4, 0.5) is 5.69 Å². The molecule has 1 aromatic heterocycles. The molecular formula is C22H29N3O5. The maximum Gasteiger partial charge on any atom is 0.275 e. The smallest absolute Gasteiger partial charge is 0.275 e. The number of amides is 2. The van der Waals surface area contributed by atoms with E-state index in [4.69, 9.17) is 4.52 Å². The number of phenols is 2. The summed E-state index contributed by atoms with van der Waals surface area (Å²) in [5.74, 6) is -1.01. The number of anilines is 1. The molecular weight excluding hydrogens is 386 g/mol. The van der Waals surface area contributed by atoms with E-state index in [1.807, 2.05) is 13.8 Å². The Morgan fingerprint density at radius 1 is 1.17 bits per heavy atom. The van der Waals surface area contributed by atoms with Gasteiger partial charge in [0.15, 0.2) is 11.5 Å². The number of carbonyl (C=O) groups excluding carboxylic acids is 2. The standard InChI is InChI=1S/C22H29N3O5/c1-4-23-22(29)19-18(24-21(28)13-8-6-5-7-9-13)20(30-25-19)15-10-14(12(2)3)16(26)11-17(15)27/h10-13,26-27H,4-9H2,1-3H3,(H,23,29)(H,24,28). The third-order valence-corrected chi connectivity index (χ3v) is 5.48. The number of carbonyl (C=O) groups is 2. The highest BCUT2D eigenvalue weighted by Crippen LogP contribution is 2.42. The first-order valence-electron chi connectivity index (χ1n) is 10.5. The molecule has 3 rings (SSSR count). The van der Waals surface area contributed by atoms with Gasteiger partial charge in [-0.15, -0.1) is 0 Å². The molecule has 4 N–H and O–H groups in total. The predicted octanol–water partition coefficient (Wildman–Crippen LogP) is 4.14. The molecule has 30 heavy (non-hydrogen) atoms. The van der Waals surface area contributed by atoms with Gasteiger partial charge in [-0.05, 0) is 37.3 Å². The van der Waals surface area contributed by atoms with Gasteiger partial charge in [-0.25, -0.2) is 0 Å². The topological polar surface area (TPSA) is 125 Å². The number of aromatic hydroxyl groups is 2. The zero-order chi connectivity index (χ0) is 21.8. The van der Waals surface area contributed by atoms with E-state index >= 15 is 0 Å². The molecule has 8 nitrogen and oxygen atoms in total. The molecule has 0 bridgehead atoms. The molecule has 0 spiro atoms. The van der Waals surface area contributed by atoms with Gasteiger partial charge >= 0.3 is 0 Å². The summed E-state index contributed by atoms with van der Waals surface area (Å²) in [6.07, 6.45) is 4.70. The van der Waals surface area contributed by atoms with Crippen molar-refractivity contribution < 1.29 is 24.3 Å². The fourth-order valence-electron chi connectivity index (χ4n) is 3.82. The largest absolute Gasteiger partial charge is 0.508 e. The van der Waals surface area contributed by atoms with Crippen molar-refractivity contribution in [2.24, 2.45) is 5.92 Å². The Hall–Kier alpha value is -3.03. The van der Waals surface area contributed by atoms with Crippen LogP contribution in [0.1, 0.15) is 74.8 Å². The lowest BCUT2D eigenvalue weighted by Gasteiger charge is -2.21. The van der Waals surface area contributed by atoms with Gasteiger partial charge in [-0.3, -0.25) is 9.59 Å². The van der Waals surface area contributed by atoms with Gasteiger partial charge in [0.05, 0.1) is 5.56 Å². The molecule has 1 saturated carbocycles. The number of hydrogen-bond donors (Lipinski definition) is 4. The van der Waals surface area contributed by atoms with Crippen LogP contribution in [-0.4, -0.2) is 33.7 Å². The molecule has 0 unspecified atom stereocenters. The second-order valence-electron chi connectivity index (χ2n) is 8.00. The maximum atomic E-state index is 12.9. The average molecular weight is 415 g/mol. The lowest BCUT2D eigenvalue weighted by molar-refractivity contribution is -0.120. The van der Waals surface area contributed by atoms with Gasteiger partial charge in [-0.2, -0.15) is 0 Å². The number of nitrogens with zero attached hydrogens (tertiary/aromatic N) is 1. The second kappa shape index (κ2) is 9.19. The summed E-state index contributed by atoms with van der Waals surface area (Å²) in [5, 5.41) is 29.9. The Balaban J connectivity index is 2.05. The van der Waals surface area contributed by atoms with Gasteiger partial charge in [0, 0.05) is 18.5 Å². The normalized spacial score (nSPS) is 14.7. The lowest BCUT2D eigenvalue weighted by atomic mass is 9.88. The highest BCUT2D eigenvalue weighted by molar-refractivity contribution is 6.06. The summed E-state index contributed by atoms with van der Waals surface area (Å²) < 4.78 is 5.43. The molecule has 2 amide bonds. The quantitative estimate of drug-likeness (QED) is 0.562. The molecule has 0 radical (unpaired) electrons. The molecule has 1 aliphatic carbocycles. The Morgan fingerprint density at radius 3 is 2.50 bits per heavy atom. The minimum absolute atomic E-state index is 0.0181. The Labute approximate surface area is 175 Å². The molecule has 0 atom stereocenters. The Morgan fingerprint density at radius 2 is 1.87 bits per heavy atom. The summed E-state index contributed by atoms with van der Waals surface area (Å²) in [5.41, 5.74) is 0.934. The van der Waals surface area contributed by atoms with E-state index in [0.717, 1.165) is 32.1 Å². The van der Waals surface area contributed by atoms with Crippen LogP contribution < -0.4 is 10.6 Å². The number of aromatic nitrogens is 1. The Bertz CT molecular complexity index is 929. The first-order chi connectivity index (χ1) is 14.3. The van der Waals surface area contributed by atoms with Crippen LogP contribution in [0.15, 0.2) is 16.7 Å². The molecule has 0 aliphatic heterocycles. The van der Waals surface area contributed by atoms with Crippen molar-refractivity contribution >= 4 is 17.5 Å². The van der Waals surface area contributed by atoms with Crippen molar-refractivity contribution in [3.8, 4) is 22.8 Å². The molecule has 1 aliphatic rings. The van der Waals surface area contributed by atoms with Crippen LogP contribution in [0.3, 0.4) is 0 Å². The van der Waals surface area contributed by atoms with Crippen molar-refractivity contribution in [2.45, 2.75) is 58.8 Å². The number of phenolic OH excluding ortho intramolecular Hbond substituents is 2. The second-order valence-corrected chi connectivity index (χ2v) is 8.00. The minimum Gasteiger partial charge on any atom is -0.508 e. The first kappa shape index (κ1) is 21.7. The average Bonchev–Trinajstić information content (AvgIpc) is 3.12. The number of rotatable bonds is 6. The summed E-state index contributed by atoms with van der Waals surface area (Å²) in [7, 11) is 0. The van der Waals surface area contributed by atoms with E-state index in [0.29, 0.717) is 12.1 Å². The number of nitrogens with one attached hydrogen (secondary N) is 2. The van der Waals surface area contributed by atoms with Crippen LogP contribution in [0.5, 0.6) is 11.5 Å². The first-order valence-corrected chi connectivity index (χ1v) is 10.5. The zero-order valence-electron chi connectivity index (χ0n) is 17.6. The fourth-order valence-corrected chi connectivity index (χ4v) is 3.82.